The number of carbonyl (C=O) groups excluding carboxylic acids is 1. The Morgan fingerprint density at radius 1 is 1.50 bits per heavy atom. The molecule has 3 N–H and O–H groups in total. The van der Waals surface area contributed by atoms with E-state index < -0.39 is 0 Å². The molecule has 1 saturated carbocycles. The second kappa shape index (κ2) is 5.48. The topological polar surface area (TPSA) is 68.0 Å². The SMILES string of the molecule is CC1CC(CN)(C(=O)NCCc2ccncc2)C1. The number of hydrogen-bond donors (Lipinski definition) is 2. The first-order valence-electron chi connectivity index (χ1n) is 6.53. The molecule has 1 aliphatic carbocycles. The highest BCUT2D eigenvalue weighted by atomic mass is 16.2. The zero-order valence-electron chi connectivity index (χ0n) is 10.9. The van der Waals surface area contributed by atoms with Crippen LogP contribution in [-0.4, -0.2) is 24.0 Å². The largest absolute Gasteiger partial charge is 0.355 e. The maximum atomic E-state index is 12.1. The molecule has 0 aromatic carbocycles. The lowest BCUT2D eigenvalue weighted by atomic mass is 9.62. The van der Waals surface area contributed by atoms with Crippen LogP contribution >= 0.6 is 0 Å². The minimum atomic E-state index is -0.294. The summed E-state index contributed by atoms with van der Waals surface area (Å²) in [6.07, 6.45) is 6.22. The van der Waals surface area contributed by atoms with Gasteiger partial charge in [0.1, 0.15) is 0 Å². The van der Waals surface area contributed by atoms with Crippen LogP contribution in [0.25, 0.3) is 0 Å². The summed E-state index contributed by atoms with van der Waals surface area (Å²) in [5.41, 5.74) is 6.64. The summed E-state index contributed by atoms with van der Waals surface area (Å²) in [6.45, 7) is 3.29. The average molecular weight is 247 g/mol. The summed E-state index contributed by atoms with van der Waals surface area (Å²) in [5.74, 6) is 0.747. The predicted octanol–water partition coefficient (Wildman–Crippen LogP) is 1.12. The van der Waals surface area contributed by atoms with Gasteiger partial charge >= 0.3 is 0 Å². The number of amides is 1. The van der Waals surface area contributed by atoms with Crippen LogP contribution in [0.1, 0.15) is 25.3 Å². The summed E-state index contributed by atoms with van der Waals surface area (Å²) in [7, 11) is 0. The Hall–Kier alpha value is -1.42. The number of nitrogens with one attached hydrogen (secondary N) is 1. The van der Waals surface area contributed by atoms with Crippen LogP contribution in [0.3, 0.4) is 0 Å². The molecule has 0 atom stereocenters. The van der Waals surface area contributed by atoms with E-state index in [0.29, 0.717) is 19.0 Å². The van der Waals surface area contributed by atoms with Crippen molar-refractivity contribution in [1.82, 2.24) is 10.3 Å². The van der Waals surface area contributed by atoms with Crippen LogP contribution in [0.4, 0.5) is 0 Å². The molecule has 0 unspecified atom stereocenters. The van der Waals surface area contributed by atoms with Crippen LogP contribution in [0, 0.1) is 11.3 Å². The van der Waals surface area contributed by atoms with E-state index in [2.05, 4.69) is 17.2 Å². The van der Waals surface area contributed by atoms with E-state index in [4.69, 9.17) is 5.73 Å². The third kappa shape index (κ3) is 2.70. The van der Waals surface area contributed by atoms with Crippen LogP contribution < -0.4 is 11.1 Å². The van der Waals surface area contributed by atoms with Crippen LogP contribution in [0.15, 0.2) is 24.5 Å². The smallest absolute Gasteiger partial charge is 0.227 e. The van der Waals surface area contributed by atoms with Gasteiger partial charge in [-0.1, -0.05) is 6.92 Å². The Bertz CT molecular complexity index is 399. The number of pyridine rings is 1. The molecule has 18 heavy (non-hydrogen) atoms. The van der Waals surface area contributed by atoms with Gasteiger partial charge in [0.15, 0.2) is 0 Å². The van der Waals surface area contributed by atoms with Crippen LogP contribution in [0.2, 0.25) is 0 Å². The van der Waals surface area contributed by atoms with Crippen molar-refractivity contribution in [2.75, 3.05) is 13.1 Å². The number of rotatable bonds is 5. The molecule has 1 aromatic heterocycles. The molecule has 1 aliphatic rings. The van der Waals surface area contributed by atoms with Crippen molar-refractivity contribution in [1.29, 1.82) is 0 Å². The molecule has 0 aliphatic heterocycles. The van der Waals surface area contributed by atoms with E-state index in [1.54, 1.807) is 12.4 Å². The van der Waals surface area contributed by atoms with E-state index in [0.717, 1.165) is 19.3 Å². The summed E-state index contributed by atoms with van der Waals surface area (Å²) in [4.78, 5) is 16.1. The molecule has 0 bridgehead atoms. The fourth-order valence-electron chi connectivity index (χ4n) is 2.78. The molecule has 1 aromatic rings. The van der Waals surface area contributed by atoms with Gasteiger partial charge in [0, 0.05) is 25.5 Å². The van der Waals surface area contributed by atoms with Crippen molar-refractivity contribution in [3.8, 4) is 0 Å². The standard InChI is InChI=1S/C14H21N3O/c1-11-8-14(9-11,10-15)13(18)17-7-4-12-2-5-16-6-3-12/h2-3,5-6,11H,4,7-10,15H2,1H3,(H,17,18). The van der Waals surface area contributed by atoms with Gasteiger partial charge in [0.25, 0.3) is 0 Å². The highest BCUT2D eigenvalue weighted by molar-refractivity contribution is 5.83. The highest BCUT2D eigenvalue weighted by Crippen LogP contribution is 2.44. The maximum absolute atomic E-state index is 12.1. The predicted molar refractivity (Wildman–Crippen MR) is 70.8 cm³/mol. The number of aromatic nitrogens is 1. The average Bonchev–Trinajstić information content (AvgIpc) is 2.36. The van der Waals surface area contributed by atoms with E-state index in [-0.39, 0.29) is 11.3 Å². The van der Waals surface area contributed by atoms with E-state index in [1.807, 2.05) is 12.1 Å². The van der Waals surface area contributed by atoms with Gasteiger partial charge in [-0.15, -0.1) is 0 Å². The molecule has 98 valence electrons. The minimum Gasteiger partial charge on any atom is -0.355 e. The van der Waals surface area contributed by atoms with Gasteiger partial charge in [-0.2, -0.15) is 0 Å². The molecule has 4 nitrogen and oxygen atoms in total. The van der Waals surface area contributed by atoms with Gasteiger partial charge in [0.05, 0.1) is 5.41 Å². The quantitative estimate of drug-likeness (QED) is 0.819. The summed E-state index contributed by atoms with van der Waals surface area (Å²) in [6, 6.07) is 3.94. The third-order valence-corrected chi connectivity index (χ3v) is 3.80. The lowest BCUT2D eigenvalue weighted by molar-refractivity contribution is -0.138. The Kier molecular flexibility index (Phi) is 3.97. The second-order valence-corrected chi connectivity index (χ2v) is 5.36. The number of nitrogens with zero attached hydrogens (tertiary/aromatic N) is 1. The lowest BCUT2D eigenvalue weighted by Crippen LogP contribution is -2.53. The first-order valence-corrected chi connectivity index (χ1v) is 6.53. The molecular weight excluding hydrogens is 226 g/mol. The molecule has 0 spiro atoms. The summed E-state index contributed by atoms with van der Waals surface area (Å²) in [5, 5.41) is 3.01. The van der Waals surface area contributed by atoms with Crippen LogP contribution in [0.5, 0.6) is 0 Å². The molecule has 1 heterocycles. The normalized spacial score (nSPS) is 26.4. The molecule has 1 fully saturated rings. The first-order chi connectivity index (χ1) is 8.66. The van der Waals surface area contributed by atoms with Gasteiger partial charge in [-0.3, -0.25) is 9.78 Å². The van der Waals surface area contributed by atoms with E-state index >= 15 is 0 Å². The molecule has 2 rings (SSSR count). The third-order valence-electron chi connectivity index (χ3n) is 3.80. The van der Waals surface area contributed by atoms with Crippen molar-refractivity contribution in [2.45, 2.75) is 26.2 Å². The van der Waals surface area contributed by atoms with Gasteiger partial charge in [-0.25, -0.2) is 0 Å². The zero-order valence-corrected chi connectivity index (χ0v) is 10.9. The maximum Gasteiger partial charge on any atom is 0.227 e. The monoisotopic (exact) mass is 247 g/mol. The Balaban J connectivity index is 1.78. The zero-order chi connectivity index (χ0) is 13.0. The fraction of sp³-hybridized carbons (Fsp3) is 0.571. The summed E-state index contributed by atoms with van der Waals surface area (Å²) < 4.78 is 0. The van der Waals surface area contributed by atoms with Gasteiger partial charge in [0.2, 0.25) is 5.91 Å². The van der Waals surface area contributed by atoms with Gasteiger partial charge in [-0.05, 0) is 42.9 Å². The van der Waals surface area contributed by atoms with Gasteiger partial charge < -0.3 is 11.1 Å². The van der Waals surface area contributed by atoms with E-state index in [9.17, 15) is 4.79 Å². The van der Waals surface area contributed by atoms with Crippen molar-refractivity contribution in [3.05, 3.63) is 30.1 Å². The molecule has 4 heteroatoms. The van der Waals surface area contributed by atoms with Crippen molar-refractivity contribution < 1.29 is 4.79 Å². The number of hydrogen-bond acceptors (Lipinski definition) is 3. The van der Waals surface area contributed by atoms with Crippen LogP contribution in [-0.2, 0) is 11.2 Å². The van der Waals surface area contributed by atoms with Crippen molar-refractivity contribution in [3.63, 3.8) is 0 Å². The van der Waals surface area contributed by atoms with E-state index in [1.165, 1.54) is 5.56 Å². The second-order valence-electron chi connectivity index (χ2n) is 5.36. The molecular formula is C14H21N3O. The lowest BCUT2D eigenvalue weighted by Gasteiger charge is -2.44. The van der Waals surface area contributed by atoms with Crippen molar-refractivity contribution in [2.24, 2.45) is 17.1 Å². The fourth-order valence-corrected chi connectivity index (χ4v) is 2.78. The molecule has 0 radical (unpaired) electrons. The highest BCUT2D eigenvalue weighted by Gasteiger charge is 2.46. The Labute approximate surface area is 108 Å². The summed E-state index contributed by atoms with van der Waals surface area (Å²) >= 11 is 0. The Morgan fingerprint density at radius 2 is 2.17 bits per heavy atom. The Morgan fingerprint density at radius 3 is 2.72 bits per heavy atom. The number of carbonyl (C=O) groups is 1. The molecule has 1 amide bonds. The van der Waals surface area contributed by atoms with Crippen molar-refractivity contribution >= 4 is 5.91 Å². The number of nitrogens with two attached hydrogens (primary N) is 1. The molecule has 0 saturated heterocycles. The first kappa shape index (κ1) is 13.0. The minimum absolute atomic E-state index is 0.122.